The SMILES string of the molecule is CCCCN(CCCN(CCCN(CCCNC(=O)OC(C)(C)C)C(=O)CCC(=O)ON1C(=O)CCC1=O)C(=O)OC(C)(C)C)C(=O)CCc1ccc(C)c(OC)c1. The summed E-state index contributed by atoms with van der Waals surface area (Å²) in [5.41, 5.74) is 0.617. The molecule has 0 unspecified atom stereocenters. The van der Waals surface area contributed by atoms with E-state index in [0.717, 1.165) is 29.7 Å². The molecular weight excluding hydrogens is 750 g/mol. The Morgan fingerprint density at radius 2 is 1.26 bits per heavy atom. The molecule has 1 aromatic rings. The van der Waals surface area contributed by atoms with Crippen LogP contribution < -0.4 is 10.1 Å². The van der Waals surface area contributed by atoms with Crippen molar-refractivity contribution >= 4 is 41.8 Å². The van der Waals surface area contributed by atoms with Crippen molar-refractivity contribution in [1.82, 2.24) is 25.1 Å². The molecule has 0 aromatic heterocycles. The zero-order chi connectivity index (χ0) is 43.5. The van der Waals surface area contributed by atoms with Crippen molar-refractivity contribution in [2.45, 2.75) is 137 Å². The third kappa shape index (κ3) is 19.0. The highest BCUT2D eigenvalue weighted by Crippen LogP contribution is 2.20. The topological polar surface area (TPSA) is 181 Å². The fourth-order valence-electron chi connectivity index (χ4n) is 5.97. The van der Waals surface area contributed by atoms with Crippen LogP contribution in [0.1, 0.15) is 124 Å². The number of methoxy groups -OCH3 is 1. The Labute approximate surface area is 344 Å². The Morgan fingerprint density at radius 3 is 1.81 bits per heavy atom. The third-order valence-corrected chi connectivity index (χ3v) is 8.97. The normalized spacial score (nSPS) is 12.9. The van der Waals surface area contributed by atoms with E-state index >= 15 is 0 Å². The predicted molar refractivity (Wildman–Crippen MR) is 216 cm³/mol. The van der Waals surface area contributed by atoms with Crippen LogP contribution in [0.25, 0.3) is 0 Å². The summed E-state index contributed by atoms with van der Waals surface area (Å²) >= 11 is 0. The fraction of sp³-hybridized carbons (Fsp3) is 0.690. The number of aryl methyl sites for hydroxylation is 2. The highest BCUT2D eigenvalue weighted by atomic mass is 16.7. The number of benzene rings is 1. The maximum Gasteiger partial charge on any atom is 0.410 e. The molecule has 0 atom stereocenters. The number of ether oxygens (including phenoxy) is 3. The molecule has 1 fully saturated rings. The summed E-state index contributed by atoms with van der Waals surface area (Å²) in [6.45, 7) is 16.9. The van der Waals surface area contributed by atoms with E-state index in [1.54, 1.807) is 53.6 Å². The first kappa shape index (κ1) is 49.3. The molecule has 0 radical (unpaired) electrons. The summed E-state index contributed by atoms with van der Waals surface area (Å²) in [5.74, 6) is -1.67. The summed E-state index contributed by atoms with van der Waals surface area (Å²) in [5, 5.41) is 3.12. The van der Waals surface area contributed by atoms with Gasteiger partial charge in [-0.15, -0.1) is 5.06 Å². The van der Waals surface area contributed by atoms with E-state index in [4.69, 9.17) is 19.0 Å². The molecule has 1 aliphatic heterocycles. The smallest absolute Gasteiger partial charge is 0.410 e. The number of alkyl carbamates (subject to hydrolysis) is 1. The maximum absolute atomic E-state index is 13.4. The first-order chi connectivity index (χ1) is 27.2. The van der Waals surface area contributed by atoms with Gasteiger partial charge in [-0.2, -0.15) is 0 Å². The first-order valence-electron chi connectivity index (χ1n) is 20.4. The maximum atomic E-state index is 13.4. The zero-order valence-corrected chi connectivity index (χ0v) is 36.2. The summed E-state index contributed by atoms with van der Waals surface area (Å²) in [6.07, 6.45) is 2.14. The standard InChI is InChI=1S/C42H67N5O11/c1-10-11-24-44(34(48)18-17-32-16-15-31(2)33(30-32)55-9)26-13-28-46(40(54)57-42(6,7)8)29-14-27-45(25-12-23-43-39(53)56-41(3,4)5)35(49)21-22-38(52)58-47-36(50)19-20-37(47)51/h15-16,30H,10-14,17-29H2,1-9H3,(H,43,53). The number of carbonyl (C=O) groups is 7. The quantitative estimate of drug-likeness (QED) is 0.106. The van der Waals surface area contributed by atoms with Gasteiger partial charge >= 0.3 is 18.2 Å². The van der Waals surface area contributed by atoms with Crippen LogP contribution in [-0.2, 0) is 44.7 Å². The number of imide groups is 1. The molecule has 1 saturated heterocycles. The predicted octanol–water partition coefficient (Wildman–Crippen LogP) is 5.71. The Balaban J connectivity index is 2.08. The van der Waals surface area contributed by atoms with Gasteiger partial charge in [0.05, 0.1) is 13.5 Å². The average molecular weight is 818 g/mol. The summed E-state index contributed by atoms with van der Waals surface area (Å²) in [7, 11) is 1.63. The zero-order valence-electron chi connectivity index (χ0n) is 36.2. The van der Waals surface area contributed by atoms with E-state index in [2.05, 4.69) is 12.2 Å². The van der Waals surface area contributed by atoms with Crippen LogP contribution in [-0.4, -0.2) is 126 Å². The number of carbonyl (C=O) groups excluding carboxylic acids is 7. The molecule has 1 aromatic carbocycles. The van der Waals surface area contributed by atoms with Gasteiger partial charge in [-0.05, 0) is 97.8 Å². The molecule has 1 N–H and O–H groups in total. The van der Waals surface area contributed by atoms with E-state index in [9.17, 15) is 33.6 Å². The number of hydrogen-bond acceptors (Lipinski definition) is 11. The van der Waals surface area contributed by atoms with Gasteiger partial charge in [0.2, 0.25) is 11.8 Å². The largest absolute Gasteiger partial charge is 0.496 e. The van der Waals surface area contributed by atoms with Gasteiger partial charge in [0.1, 0.15) is 17.0 Å². The minimum absolute atomic E-state index is 0.0367. The van der Waals surface area contributed by atoms with Crippen molar-refractivity contribution < 1.29 is 52.6 Å². The summed E-state index contributed by atoms with van der Waals surface area (Å²) in [6, 6.07) is 5.95. The van der Waals surface area contributed by atoms with Crippen LogP contribution in [0.2, 0.25) is 0 Å². The van der Waals surface area contributed by atoms with Gasteiger partial charge in [-0.3, -0.25) is 19.2 Å². The van der Waals surface area contributed by atoms with E-state index in [-0.39, 0.29) is 63.7 Å². The van der Waals surface area contributed by atoms with Gasteiger partial charge < -0.3 is 39.1 Å². The van der Waals surface area contributed by atoms with Crippen LogP contribution in [0.4, 0.5) is 9.59 Å². The van der Waals surface area contributed by atoms with Crippen molar-refractivity contribution in [3.05, 3.63) is 29.3 Å². The average Bonchev–Trinajstić information content (AvgIpc) is 3.45. The second-order valence-corrected chi connectivity index (χ2v) is 16.4. The molecular formula is C42H67N5O11. The molecule has 1 heterocycles. The lowest BCUT2D eigenvalue weighted by molar-refractivity contribution is -0.197. The van der Waals surface area contributed by atoms with Gasteiger partial charge in [-0.1, -0.05) is 25.5 Å². The Kier molecular flexibility index (Phi) is 20.5. The first-order valence-corrected chi connectivity index (χ1v) is 20.4. The number of hydroxylamine groups is 2. The van der Waals surface area contributed by atoms with Gasteiger partial charge in [-0.25, -0.2) is 14.4 Å². The van der Waals surface area contributed by atoms with E-state index in [1.165, 1.54) is 4.90 Å². The Morgan fingerprint density at radius 1 is 0.724 bits per heavy atom. The van der Waals surface area contributed by atoms with E-state index in [0.29, 0.717) is 56.8 Å². The van der Waals surface area contributed by atoms with Crippen LogP contribution >= 0.6 is 0 Å². The monoisotopic (exact) mass is 817 g/mol. The van der Waals surface area contributed by atoms with Gasteiger partial charge in [0.25, 0.3) is 11.8 Å². The van der Waals surface area contributed by atoms with Crippen LogP contribution in [0.15, 0.2) is 18.2 Å². The molecule has 0 saturated carbocycles. The molecule has 6 amide bonds. The second kappa shape index (κ2) is 24.1. The lowest BCUT2D eigenvalue weighted by atomic mass is 10.1. The summed E-state index contributed by atoms with van der Waals surface area (Å²) < 4.78 is 16.5. The Bertz CT molecular complexity index is 1540. The minimum Gasteiger partial charge on any atom is -0.496 e. The molecule has 0 spiro atoms. The minimum atomic E-state index is -0.888. The van der Waals surface area contributed by atoms with Crippen molar-refractivity contribution in [3.8, 4) is 5.75 Å². The fourth-order valence-corrected chi connectivity index (χ4v) is 5.97. The molecule has 16 nitrogen and oxygen atoms in total. The Hall–Kier alpha value is -4.89. The molecule has 1 aliphatic rings. The summed E-state index contributed by atoms with van der Waals surface area (Å²) in [4.78, 5) is 98.5. The number of amides is 6. The second-order valence-electron chi connectivity index (χ2n) is 16.4. The van der Waals surface area contributed by atoms with Crippen molar-refractivity contribution in [2.24, 2.45) is 0 Å². The molecule has 0 bridgehead atoms. The molecule has 326 valence electrons. The highest BCUT2D eigenvalue weighted by molar-refractivity contribution is 6.01. The number of hydrogen-bond donors (Lipinski definition) is 1. The van der Waals surface area contributed by atoms with Gasteiger partial charge in [0.15, 0.2) is 0 Å². The number of rotatable bonds is 23. The van der Waals surface area contributed by atoms with Crippen LogP contribution in [0.3, 0.4) is 0 Å². The molecule has 16 heteroatoms. The number of unbranched alkanes of at least 4 members (excludes halogenated alkanes) is 1. The number of nitrogens with zero attached hydrogens (tertiary/aromatic N) is 4. The molecule has 2 rings (SSSR count). The lowest BCUT2D eigenvalue weighted by Gasteiger charge is -2.30. The van der Waals surface area contributed by atoms with Gasteiger partial charge in [0, 0.05) is 71.5 Å². The molecule has 0 aliphatic carbocycles. The van der Waals surface area contributed by atoms with Crippen LogP contribution in [0, 0.1) is 6.92 Å². The van der Waals surface area contributed by atoms with Crippen molar-refractivity contribution in [1.29, 1.82) is 0 Å². The van der Waals surface area contributed by atoms with Crippen LogP contribution in [0.5, 0.6) is 5.75 Å². The van der Waals surface area contributed by atoms with E-state index in [1.807, 2.05) is 30.0 Å². The highest BCUT2D eigenvalue weighted by Gasteiger charge is 2.33. The van der Waals surface area contributed by atoms with E-state index < -0.39 is 41.2 Å². The van der Waals surface area contributed by atoms with Crippen molar-refractivity contribution in [3.63, 3.8) is 0 Å². The van der Waals surface area contributed by atoms with Crippen molar-refractivity contribution in [2.75, 3.05) is 52.9 Å². The lowest BCUT2D eigenvalue weighted by Crippen LogP contribution is -2.41. The number of nitrogens with one attached hydrogen (secondary N) is 1. The molecule has 58 heavy (non-hydrogen) atoms. The third-order valence-electron chi connectivity index (χ3n) is 8.97.